The number of nitrogens with two attached hydrogens (primary N) is 1. The van der Waals surface area contributed by atoms with Gasteiger partial charge in [-0.3, -0.25) is 0 Å². The average molecular weight is 406 g/mol. The van der Waals surface area contributed by atoms with Gasteiger partial charge in [0, 0.05) is 0 Å². The molecule has 0 radical (unpaired) electrons. The van der Waals surface area contributed by atoms with Crippen LogP contribution in [0.15, 0.2) is 24.3 Å². The highest BCUT2D eigenvalue weighted by Crippen LogP contribution is 2.35. The van der Waals surface area contributed by atoms with Crippen LogP contribution in [0.25, 0.3) is 0 Å². The van der Waals surface area contributed by atoms with E-state index < -0.39 is 23.1 Å². The topological polar surface area (TPSA) is 78.6 Å². The van der Waals surface area contributed by atoms with E-state index in [0.717, 1.165) is 5.56 Å². The van der Waals surface area contributed by atoms with Gasteiger partial charge in [0.05, 0.1) is 6.61 Å². The van der Waals surface area contributed by atoms with Gasteiger partial charge in [-0.05, 0) is 62.5 Å². The zero-order chi connectivity index (χ0) is 22.6. The highest BCUT2D eigenvalue weighted by atomic mass is 16.6. The number of benzene rings is 1. The van der Waals surface area contributed by atoms with Crippen LogP contribution in [0.3, 0.4) is 0 Å². The van der Waals surface area contributed by atoms with Crippen molar-refractivity contribution in [2.45, 2.75) is 91.2 Å². The van der Waals surface area contributed by atoms with Crippen LogP contribution in [0.5, 0.6) is 0 Å². The Morgan fingerprint density at radius 2 is 1.48 bits per heavy atom. The van der Waals surface area contributed by atoms with E-state index in [0.29, 0.717) is 0 Å². The molecule has 0 unspecified atom stereocenters. The first-order chi connectivity index (χ1) is 13.1. The molecule has 0 saturated heterocycles. The molecule has 0 fully saturated rings. The summed E-state index contributed by atoms with van der Waals surface area (Å²) in [7, 11) is 0. The highest BCUT2D eigenvalue weighted by molar-refractivity contribution is 6.04. The molecular weight excluding hydrogens is 366 g/mol. The van der Waals surface area contributed by atoms with Crippen molar-refractivity contribution in [3.05, 3.63) is 35.4 Å². The van der Waals surface area contributed by atoms with Crippen molar-refractivity contribution in [2.75, 3.05) is 6.61 Å². The van der Waals surface area contributed by atoms with Crippen molar-refractivity contribution in [2.24, 2.45) is 11.7 Å². The van der Waals surface area contributed by atoms with Gasteiger partial charge in [0.2, 0.25) is 5.54 Å². The lowest BCUT2D eigenvalue weighted by molar-refractivity contribution is -0.172. The summed E-state index contributed by atoms with van der Waals surface area (Å²) in [5.41, 5.74) is 6.10. The zero-order valence-electron chi connectivity index (χ0n) is 19.6. The maximum atomic E-state index is 12.9. The fraction of sp³-hybridized carbons (Fsp3) is 0.667. The number of hydrogen-bond acceptors (Lipinski definition) is 5. The standard InChI is InChI=1S/C24H39NO4/c1-10-28-20(26)24(25,21(27)29-23(7,8)9)15-19(16(2)3)17-11-13-18(14-12-17)22(4,5)6/h11-14,16,19H,10,15,25H2,1-9H3/t19-,24-/m0/s1. The third-order valence-electron chi connectivity index (χ3n) is 4.95. The molecule has 29 heavy (non-hydrogen) atoms. The minimum Gasteiger partial charge on any atom is -0.464 e. The molecule has 0 aliphatic heterocycles. The van der Waals surface area contributed by atoms with Gasteiger partial charge in [-0.15, -0.1) is 0 Å². The molecule has 1 aromatic carbocycles. The van der Waals surface area contributed by atoms with Crippen LogP contribution in [-0.2, 0) is 24.5 Å². The van der Waals surface area contributed by atoms with E-state index in [4.69, 9.17) is 15.2 Å². The van der Waals surface area contributed by atoms with Crippen molar-refractivity contribution < 1.29 is 19.1 Å². The third-order valence-corrected chi connectivity index (χ3v) is 4.95. The van der Waals surface area contributed by atoms with Crippen LogP contribution in [0.1, 0.15) is 85.8 Å². The minimum absolute atomic E-state index is 0.0466. The molecule has 1 rings (SSSR count). The molecular formula is C24H39NO4. The van der Waals surface area contributed by atoms with Crippen LogP contribution in [0.4, 0.5) is 0 Å². The third kappa shape index (κ3) is 6.84. The predicted molar refractivity (Wildman–Crippen MR) is 117 cm³/mol. The van der Waals surface area contributed by atoms with E-state index in [1.165, 1.54) is 5.56 Å². The van der Waals surface area contributed by atoms with Crippen molar-refractivity contribution in [3.63, 3.8) is 0 Å². The van der Waals surface area contributed by atoms with Crippen LogP contribution in [0.2, 0.25) is 0 Å². The Morgan fingerprint density at radius 3 is 1.86 bits per heavy atom. The maximum absolute atomic E-state index is 12.9. The summed E-state index contributed by atoms with van der Waals surface area (Å²) in [5, 5.41) is 0. The Labute approximate surface area is 176 Å². The van der Waals surface area contributed by atoms with Gasteiger partial charge >= 0.3 is 11.9 Å². The Hall–Kier alpha value is -1.88. The van der Waals surface area contributed by atoms with Gasteiger partial charge < -0.3 is 15.2 Å². The summed E-state index contributed by atoms with van der Waals surface area (Å²) >= 11 is 0. The number of ether oxygens (including phenoxy) is 2. The largest absolute Gasteiger partial charge is 0.464 e. The molecule has 2 atom stereocenters. The van der Waals surface area contributed by atoms with Gasteiger partial charge in [-0.1, -0.05) is 58.9 Å². The first-order valence-electron chi connectivity index (χ1n) is 10.4. The van der Waals surface area contributed by atoms with Crippen LogP contribution < -0.4 is 5.73 Å². The SMILES string of the molecule is CCOC(=O)[C@@](N)(C[C@H](c1ccc(C(C)(C)C)cc1)C(C)C)C(=O)OC(C)(C)C. The molecule has 0 aliphatic rings. The summed E-state index contributed by atoms with van der Waals surface area (Å²) < 4.78 is 10.6. The van der Waals surface area contributed by atoms with Crippen LogP contribution in [-0.4, -0.2) is 29.7 Å². The number of hydrogen-bond donors (Lipinski definition) is 1. The van der Waals surface area contributed by atoms with Crippen molar-refractivity contribution in [3.8, 4) is 0 Å². The van der Waals surface area contributed by atoms with E-state index in [9.17, 15) is 9.59 Å². The van der Waals surface area contributed by atoms with E-state index in [-0.39, 0.29) is 30.3 Å². The molecule has 5 heteroatoms. The van der Waals surface area contributed by atoms with Gasteiger partial charge in [0.15, 0.2) is 0 Å². The monoisotopic (exact) mass is 405 g/mol. The molecule has 0 spiro atoms. The predicted octanol–water partition coefficient (Wildman–Crippen LogP) is 4.72. The van der Waals surface area contributed by atoms with Crippen LogP contribution in [0, 0.1) is 5.92 Å². The second kappa shape index (κ2) is 9.29. The van der Waals surface area contributed by atoms with Gasteiger partial charge in [-0.2, -0.15) is 0 Å². The smallest absolute Gasteiger partial charge is 0.338 e. The molecule has 0 aromatic heterocycles. The van der Waals surface area contributed by atoms with Gasteiger partial charge in [0.1, 0.15) is 5.60 Å². The summed E-state index contributed by atoms with van der Waals surface area (Å²) in [6.45, 7) is 17.7. The molecule has 164 valence electrons. The van der Waals surface area contributed by atoms with E-state index in [1.807, 2.05) is 0 Å². The Kier molecular flexibility index (Phi) is 8.06. The summed E-state index contributed by atoms with van der Waals surface area (Å²) in [6.07, 6.45) is 0.118. The summed E-state index contributed by atoms with van der Waals surface area (Å²) in [6, 6.07) is 8.32. The van der Waals surface area contributed by atoms with E-state index in [2.05, 4.69) is 58.9 Å². The second-order valence-corrected chi connectivity index (χ2v) is 10.1. The first kappa shape index (κ1) is 25.2. The fourth-order valence-corrected chi connectivity index (χ4v) is 3.19. The Bertz CT molecular complexity index is 695. The average Bonchev–Trinajstić information content (AvgIpc) is 2.57. The van der Waals surface area contributed by atoms with E-state index in [1.54, 1.807) is 27.7 Å². The van der Waals surface area contributed by atoms with Crippen molar-refractivity contribution in [1.29, 1.82) is 0 Å². The molecule has 0 heterocycles. The second-order valence-electron chi connectivity index (χ2n) is 10.1. The molecule has 2 N–H and O–H groups in total. The molecule has 0 amide bonds. The Morgan fingerprint density at radius 1 is 0.966 bits per heavy atom. The lowest BCUT2D eigenvalue weighted by Gasteiger charge is -2.33. The number of rotatable bonds is 7. The lowest BCUT2D eigenvalue weighted by Crippen LogP contribution is -2.58. The van der Waals surface area contributed by atoms with Crippen molar-refractivity contribution in [1.82, 2.24) is 0 Å². The van der Waals surface area contributed by atoms with Gasteiger partial charge in [0.25, 0.3) is 0 Å². The van der Waals surface area contributed by atoms with Crippen molar-refractivity contribution >= 4 is 11.9 Å². The molecule has 5 nitrogen and oxygen atoms in total. The summed E-state index contributed by atoms with van der Waals surface area (Å²) in [5.74, 6) is -1.44. The molecule has 0 bridgehead atoms. The number of carbonyl (C=O) groups excluding carboxylic acids is 2. The molecule has 0 saturated carbocycles. The zero-order valence-corrected chi connectivity index (χ0v) is 19.6. The lowest BCUT2D eigenvalue weighted by atomic mass is 9.77. The fourth-order valence-electron chi connectivity index (χ4n) is 3.19. The first-order valence-corrected chi connectivity index (χ1v) is 10.4. The minimum atomic E-state index is -1.86. The Balaban J connectivity index is 3.30. The van der Waals surface area contributed by atoms with E-state index >= 15 is 0 Å². The normalized spacial score (nSPS) is 15.6. The number of carbonyl (C=O) groups is 2. The number of esters is 2. The van der Waals surface area contributed by atoms with Gasteiger partial charge in [-0.25, -0.2) is 9.59 Å². The quantitative estimate of drug-likeness (QED) is 0.525. The highest BCUT2D eigenvalue weighted by Gasteiger charge is 2.48. The summed E-state index contributed by atoms with van der Waals surface area (Å²) in [4.78, 5) is 25.6. The molecule has 1 aromatic rings. The maximum Gasteiger partial charge on any atom is 0.338 e. The molecule has 0 aliphatic carbocycles. The van der Waals surface area contributed by atoms with Crippen LogP contribution >= 0.6 is 0 Å².